The molecule has 8 nitrogen and oxygen atoms in total. The van der Waals surface area contributed by atoms with E-state index in [-0.39, 0.29) is 0 Å². The third-order valence-electron chi connectivity index (χ3n) is 5.08. The smallest absolute Gasteiger partial charge is 0.319 e. The number of benzene rings is 2. The molecule has 0 saturated carbocycles. The molecular formula is C20H19ClN2O6. The summed E-state index contributed by atoms with van der Waals surface area (Å²) in [5, 5.41) is 15.2. The van der Waals surface area contributed by atoms with Crippen LogP contribution in [-0.4, -0.2) is 37.1 Å². The molecule has 3 rings (SSSR count). The fourth-order valence-electron chi connectivity index (χ4n) is 3.70. The molecule has 0 aromatic heterocycles. The van der Waals surface area contributed by atoms with E-state index >= 15 is 0 Å². The molecular weight excluding hydrogens is 400 g/mol. The molecule has 0 unspecified atom stereocenters. The number of rotatable bonds is 5. The van der Waals surface area contributed by atoms with Gasteiger partial charge in [-0.15, -0.1) is 0 Å². The van der Waals surface area contributed by atoms with Gasteiger partial charge in [0.25, 0.3) is 0 Å². The van der Waals surface area contributed by atoms with E-state index in [4.69, 9.17) is 21.1 Å². The Kier molecular flexibility index (Phi) is 6.03. The second-order valence-corrected chi connectivity index (χ2v) is 7.05. The number of nitrogens with one attached hydrogen (secondary N) is 1. The number of ether oxygens (including phenoxy) is 2. The van der Waals surface area contributed by atoms with Crippen LogP contribution in [0.1, 0.15) is 23.1 Å². The van der Waals surface area contributed by atoms with Crippen molar-refractivity contribution < 1.29 is 24.0 Å². The maximum Gasteiger partial charge on any atom is 0.319 e. The summed E-state index contributed by atoms with van der Waals surface area (Å²) in [6.07, 6.45) is 0. The Balaban J connectivity index is 2.13. The Labute approximate surface area is 171 Å². The second kappa shape index (κ2) is 8.48. The van der Waals surface area contributed by atoms with Crippen LogP contribution in [0.25, 0.3) is 0 Å². The van der Waals surface area contributed by atoms with Crippen molar-refractivity contribution >= 4 is 23.5 Å². The number of nitrogens with zero attached hydrogens (tertiary/aromatic N) is 1. The minimum absolute atomic E-state index is 0.465. The van der Waals surface area contributed by atoms with Gasteiger partial charge in [0.05, 0.1) is 20.1 Å². The van der Waals surface area contributed by atoms with Gasteiger partial charge in [-0.3, -0.25) is 19.7 Å². The molecule has 152 valence electrons. The third-order valence-corrected chi connectivity index (χ3v) is 5.33. The first kappa shape index (κ1) is 20.6. The molecule has 1 N–H and O–H groups in total. The summed E-state index contributed by atoms with van der Waals surface area (Å²) >= 11 is 5.92. The lowest BCUT2D eigenvalue weighted by atomic mass is 9.73. The minimum Gasteiger partial charge on any atom is -0.497 e. The number of carbonyl (C=O) groups is 2. The number of nitro groups is 1. The van der Waals surface area contributed by atoms with Gasteiger partial charge in [0.1, 0.15) is 17.7 Å². The number of halogens is 1. The number of piperidine rings is 1. The lowest BCUT2D eigenvalue weighted by molar-refractivity contribution is -0.534. The van der Waals surface area contributed by atoms with Crippen molar-refractivity contribution in [3.63, 3.8) is 0 Å². The highest BCUT2D eigenvalue weighted by Gasteiger charge is 2.55. The van der Waals surface area contributed by atoms with Gasteiger partial charge in [0.2, 0.25) is 11.9 Å². The van der Waals surface area contributed by atoms with Gasteiger partial charge >= 0.3 is 5.97 Å². The zero-order valence-corrected chi connectivity index (χ0v) is 16.5. The van der Waals surface area contributed by atoms with Crippen LogP contribution in [-0.2, 0) is 14.3 Å². The average molecular weight is 419 g/mol. The summed E-state index contributed by atoms with van der Waals surface area (Å²) in [5.41, 5.74) is 0.989. The van der Waals surface area contributed by atoms with E-state index in [0.29, 0.717) is 21.9 Å². The van der Waals surface area contributed by atoms with Crippen molar-refractivity contribution in [1.29, 1.82) is 0 Å². The molecule has 2 aromatic rings. The zero-order valence-electron chi connectivity index (χ0n) is 15.7. The van der Waals surface area contributed by atoms with Gasteiger partial charge < -0.3 is 14.8 Å². The molecule has 4 atom stereocenters. The molecule has 1 heterocycles. The predicted molar refractivity (Wildman–Crippen MR) is 104 cm³/mol. The highest BCUT2D eigenvalue weighted by Crippen LogP contribution is 2.41. The van der Waals surface area contributed by atoms with Gasteiger partial charge in [-0.2, -0.15) is 0 Å². The molecule has 1 aliphatic rings. The maximum atomic E-state index is 12.8. The van der Waals surface area contributed by atoms with E-state index in [1.165, 1.54) is 7.11 Å². The molecule has 1 amide bonds. The summed E-state index contributed by atoms with van der Waals surface area (Å²) in [6, 6.07) is 10.7. The number of methoxy groups -OCH3 is 2. The Morgan fingerprint density at radius 2 is 1.66 bits per heavy atom. The molecule has 0 aliphatic carbocycles. The van der Waals surface area contributed by atoms with E-state index in [1.54, 1.807) is 48.5 Å². The van der Waals surface area contributed by atoms with E-state index in [9.17, 15) is 19.7 Å². The van der Waals surface area contributed by atoms with Crippen molar-refractivity contribution in [1.82, 2.24) is 5.32 Å². The van der Waals surface area contributed by atoms with E-state index in [2.05, 4.69) is 5.32 Å². The van der Waals surface area contributed by atoms with Crippen molar-refractivity contribution in [3.05, 3.63) is 74.8 Å². The third kappa shape index (κ3) is 4.02. The molecule has 0 spiro atoms. The molecule has 1 aliphatic heterocycles. The molecule has 1 saturated heterocycles. The minimum atomic E-state index is -1.35. The highest BCUT2D eigenvalue weighted by atomic mass is 35.5. The lowest BCUT2D eigenvalue weighted by Crippen LogP contribution is -2.56. The first-order chi connectivity index (χ1) is 13.9. The van der Waals surface area contributed by atoms with Crippen molar-refractivity contribution in [3.8, 4) is 5.75 Å². The summed E-state index contributed by atoms with van der Waals surface area (Å²) in [6.45, 7) is 0. The van der Waals surface area contributed by atoms with Crippen LogP contribution in [0.5, 0.6) is 5.75 Å². The monoisotopic (exact) mass is 418 g/mol. The van der Waals surface area contributed by atoms with Gasteiger partial charge in [-0.1, -0.05) is 35.9 Å². The average Bonchev–Trinajstić information content (AvgIpc) is 2.72. The standard InChI is InChI=1S/C20H19ClN2O6/c1-28-14-9-5-11(6-10-14)15-16(20(25)29-2)19(24)22-17(18(15)23(26)27)12-3-7-13(21)8-4-12/h3-10,15-18H,1-2H3,(H,22,24)/t15-,16-,17-,18+/m1/s1. The Morgan fingerprint density at radius 1 is 1.07 bits per heavy atom. The van der Waals surface area contributed by atoms with Crippen LogP contribution in [0.15, 0.2) is 48.5 Å². The molecule has 9 heteroatoms. The van der Waals surface area contributed by atoms with Crippen LogP contribution < -0.4 is 10.1 Å². The largest absolute Gasteiger partial charge is 0.497 e. The maximum absolute atomic E-state index is 12.8. The van der Waals surface area contributed by atoms with Crippen molar-refractivity contribution in [2.45, 2.75) is 18.0 Å². The van der Waals surface area contributed by atoms with E-state index in [0.717, 1.165) is 7.11 Å². The first-order valence-corrected chi connectivity index (χ1v) is 9.16. The van der Waals surface area contributed by atoms with Crippen molar-refractivity contribution in [2.75, 3.05) is 14.2 Å². The van der Waals surface area contributed by atoms with Crippen LogP contribution in [0, 0.1) is 16.0 Å². The molecule has 29 heavy (non-hydrogen) atoms. The first-order valence-electron chi connectivity index (χ1n) is 8.78. The van der Waals surface area contributed by atoms with Crippen LogP contribution in [0.2, 0.25) is 5.02 Å². The summed E-state index contributed by atoms with van der Waals surface area (Å²) in [7, 11) is 2.64. The van der Waals surface area contributed by atoms with Gasteiger partial charge in [-0.05, 0) is 35.4 Å². The van der Waals surface area contributed by atoms with Crippen molar-refractivity contribution in [2.24, 2.45) is 5.92 Å². The quantitative estimate of drug-likeness (QED) is 0.346. The Bertz CT molecular complexity index is 916. The SMILES string of the molecule is COC(=O)[C@H]1C(=O)N[C@H](c2ccc(Cl)cc2)[C@@H]([N+](=O)[O-])[C@@H]1c1ccc(OC)cc1. The number of hydrogen-bond acceptors (Lipinski definition) is 6. The lowest BCUT2D eigenvalue weighted by Gasteiger charge is -2.37. The molecule has 0 radical (unpaired) electrons. The van der Waals surface area contributed by atoms with Crippen LogP contribution >= 0.6 is 11.6 Å². The fraction of sp³-hybridized carbons (Fsp3) is 0.300. The number of carbonyl (C=O) groups excluding carboxylic acids is 2. The highest BCUT2D eigenvalue weighted by molar-refractivity contribution is 6.30. The normalized spacial score (nSPS) is 23.8. The molecule has 2 aromatic carbocycles. The summed E-state index contributed by atoms with van der Waals surface area (Å²) in [5.74, 6) is -3.29. The van der Waals surface area contributed by atoms with Crippen LogP contribution in [0.3, 0.4) is 0 Å². The Morgan fingerprint density at radius 3 is 2.17 bits per heavy atom. The van der Waals surface area contributed by atoms with E-state index < -0.39 is 40.7 Å². The second-order valence-electron chi connectivity index (χ2n) is 6.61. The summed E-state index contributed by atoms with van der Waals surface area (Å²) < 4.78 is 9.91. The topological polar surface area (TPSA) is 108 Å². The van der Waals surface area contributed by atoms with Gasteiger partial charge in [0.15, 0.2) is 0 Å². The van der Waals surface area contributed by atoms with Gasteiger partial charge in [-0.25, -0.2) is 0 Å². The van der Waals surface area contributed by atoms with E-state index in [1.807, 2.05) is 0 Å². The molecule has 0 bridgehead atoms. The van der Waals surface area contributed by atoms with Crippen LogP contribution in [0.4, 0.5) is 0 Å². The Hall–Kier alpha value is -3.13. The zero-order chi connectivity index (χ0) is 21.1. The number of amides is 1. The summed E-state index contributed by atoms with van der Waals surface area (Å²) in [4.78, 5) is 36.9. The molecule has 1 fully saturated rings. The fourth-order valence-corrected chi connectivity index (χ4v) is 3.82. The predicted octanol–water partition coefficient (Wildman–Crippen LogP) is 2.74. The van der Waals surface area contributed by atoms with Gasteiger partial charge in [0, 0.05) is 9.95 Å². The number of esters is 1. The number of hydrogen-bond donors (Lipinski definition) is 1.